The van der Waals surface area contributed by atoms with Crippen LogP contribution in [-0.2, 0) is 24.0 Å². The highest BCUT2D eigenvalue weighted by Crippen LogP contribution is 2.22. The highest BCUT2D eigenvalue weighted by atomic mass is 16.6. The van der Waals surface area contributed by atoms with Crippen LogP contribution < -0.4 is 10.6 Å². The largest absolute Gasteiger partial charge is 0.467 e. The SMILES string of the molecule is CCCCC(=O)NC(CNC(=O)CC1CC(c2ccc(-c3noc(C)n3)cc2)=NO1)C(=O)OC. The van der Waals surface area contributed by atoms with Crippen LogP contribution in [0.15, 0.2) is 33.9 Å². The third kappa shape index (κ3) is 6.87. The van der Waals surface area contributed by atoms with Crippen LogP contribution in [0.5, 0.6) is 0 Å². The van der Waals surface area contributed by atoms with Crippen molar-refractivity contribution < 1.29 is 28.5 Å². The van der Waals surface area contributed by atoms with Gasteiger partial charge in [0.15, 0.2) is 0 Å². The Balaban J connectivity index is 1.47. The number of aromatic nitrogens is 2. The highest BCUT2D eigenvalue weighted by molar-refractivity contribution is 6.01. The number of amides is 2. The molecule has 1 aliphatic rings. The van der Waals surface area contributed by atoms with Gasteiger partial charge in [-0.15, -0.1) is 0 Å². The van der Waals surface area contributed by atoms with Crippen molar-refractivity contribution in [3.05, 3.63) is 35.7 Å². The first-order valence-corrected chi connectivity index (χ1v) is 11.2. The van der Waals surface area contributed by atoms with Crippen LogP contribution in [0.25, 0.3) is 11.4 Å². The molecular weight excluding hydrogens is 442 g/mol. The number of unbranched alkanes of at least 4 members (excludes halogenated alkanes) is 1. The van der Waals surface area contributed by atoms with Crippen molar-refractivity contribution in [2.45, 2.75) is 58.1 Å². The minimum Gasteiger partial charge on any atom is -0.467 e. The maximum atomic E-state index is 12.4. The summed E-state index contributed by atoms with van der Waals surface area (Å²) in [5.41, 5.74) is 2.41. The van der Waals surface area contributed by atoms with E-state index in [1.165, 1.54) is 7.11 Å². The van der Waals surface area contributed by atoms with Crippen molar-refractivity contribution in [3.8, 4) is 11.4 Å². The van der Waals surface area contributed by atoms with E-state index in [1.54, 1.807) is 6.92 Å². The number of hydrogen-bond acceptors (Lipinski definition) is 9. The zero-order valence-electron chi connectivity index (χ0n) is 19.5. The van der Waals surface area contributed by atoms with E-state index in [4.69, 9.17) is 14.1 Å². The lowest BCUT2D eigenvalue weighted by atomic mass is 10.0. The molecule has 0 spiro atoms. The highest BCUT2D eigenvalue weighted by Gasteiger charge is 2.27. The fourth-order valence-electron chi connectivity index (χ4n) is 3.37. The molecule has 0 aliphatic carbocycles. The number of esters is 1. The van der Waals surface area contributed by atoms with Gasteiger partial charge in [-0.05, 0) is 12.0 Å². The first kappa shape index (κ1) is 24.9. The fourth-order valence-corrected chi connectivity index (χ4v) is 3.37. The molecular formula is C23H29N5O6. The quantitative estimate of drug-likeness (QED) is 0.473. The minimum atomic E-state index is -0.948. The molecule has 182 valence electrons. The van der Waals surface area contributed by atoms with Gasteiger partial charge in [0.2, 0.25) is 23.5 Å². The van der Waals surface area contributed by atoms with Gasteiger partial charge in [-0.2, -0.15) is 4.98 Å². The van der Waals surface area contributed by atoms with Gasteiger partial charge >= 0.3 is 5.97 Å². The van der Waals surface area contributed by atoms with E-state index in [0.717, 1.165) is 23.3 Å². The lowest BCUT2D eigenvalue weighted by Gasteiger charge is -2.17. The third-order valence-electron chi connectivity index (χ3n) is 5.23. The van der Waals surface area contributed by atoms with Crippen LogP contribution in [-0.4, -0.2) is 59.4 Å². The first-order chi connectivity index (χ1) is 16.4. The number of carbonyl (C=O) groups excluding carboxylic acids is 3. The molecule has 2 heterocycles. The molecule has 0 saturated carbocycles. The van der Waals surface area contributed by atoms with Gasteiger partial charge in [0.1, 0.15) is 12.1 Å². The average Bonchev–Trinajstić information content (AvgIpc) is 3.49. The van der Waals surface area contributed by atoms with Crippen molar-refractivity contribution in [1.82, 2.24) is 20.8 Å². The Morgan fingerprint density at radius 3 is 2.56 bits per heavy atom. The van der Waals surface area contributed by atoms with E-state index in [0.29, 0.717) is 31.0 Å². The average molecular weight is 472 g/mol. The van der Waals surface area contributed by atoms with E-state index >= 15 is 0 Å². The predicted molar refractivity (Wildman–Crippen MR) is 122 cm³/mol. The summed E-state index contributed by atoms with van der Waals surface area (Å²) in [4.78, 5) is 45.9. The molecule has 1 aromatic carbocycles. The lowest BCUT2D eigenvalue weighted by molar-refractivity contribution is -0.145. The molecule has 2 atom stereocenters. The molecule has 0 radical (unpaired) electrons. The summed E-state index contributed by atoms with van der Waals surface area (Å²) in [5, 5.41) is 13.3. The van der Waals surface area contributed by atoms with E-state index in [-0.39, 0.29) is 24.8 Å². The van der Waals surface area contributed by atoms with E-state index < -0.39 is 18.1 Å². The Bertz CT molecular complexity index is 1030. The molecule has 11 heteroatoms. The molecule has 2 aromatic rings. The molecule has 1 aromatic heterocycles. The Hall–Kier alpha value is -3.76. The van der Waals surface area contributed by atoms with Crippen LogP contribution in [0.3, 0.4) is 0 Å². The Kier molecular flexibility index (Phi) is 8.72. The van der Waals surface area contributed by atoms with Crippen molar-refractivity contribution in [1.29, 1.82) is 0 Å². The first-order valence-electron chi connectivity index (χ1n) is 11.2. The van der Waals surface area contributed by atoms with Crippen molar-refractivity contribution in [2.75, 3.05) is 13.7 Å². The van der Waals surface area contributed by atoms with Crippen molar-refractivity contribution in [2.24, 2.45) is 5.16 Å². The molecule has 0 fully saturated rings. The van der Waals surface area contributed by atoms with Crippen LogP contribution in [0.2, 0.25) is 0 Å². The second kappa shape index (κ2) is 11.9. The minimum absolute atomic E-state index is 0.0604. The van der Waals surface area contributed by atoms with Gasteiger partial charge in [-0.1, -0.05) is 47.9 Å². The number of ether oxygens (including phenoxy) is 1. The Morgan fingerprint density at radius 1 is 1.18 bits per heavy atom. The lowest BCUT2D eigenvalue weighted by Crippen LogP contribution is -2.49. The maximum Gasteiger partial charge on any atom is 0.330 e. The second-order valence-corrected chi connectivity index (χ2v) is 7.94. The summed E-state index contributed by atoms with van der Waals surface area (Å²) in [6.07, 6.45) is 1.98. The Labute approximate surface area is 197 Å². The van der Waals surface area contributed by atoms with E-state index in [9.17, 15) is 14.4 Å². The summed E-state index contributed by atoms with van der Waals surface area (Å²) in [5.74, 6) is -0.196. The van der Waals surface area contributed by atoms with Crippen LogP contribution >= 0.6 is 0 Å². The van der Waals surface area contributed by atoms with Crippen molar-refractivity contribution >= 4 is 23.5 Å². The molecule has 0 saturated heterocycles. The summed E-state index contributed by atoms with van der Waals surface area (Å²) in [6, 6.07) is 6.55. The summed E-state index contributed by atoms with van der Waals surface area (Å²) in [7, 11) is 1.23. The Morgan fingerprint density at radius 2 is 1.91 bits per heavy atom. The van der Waals surface area contributed by atoms with Gasteiger partial charge < -0.3 is 24.7 Å². The normalized spacial score (nSPS) is 15.7. The summed E-state index contributed by atoms with van der Waals surface area (Å²) < 4.78 is 9.72. The zero-order valence-corrected chi connectivity index (χ0v) is 19.5. The molecule has 0 bridgehead atoms. The van der Waals surface area contributed by atoms with Gasteiger partial charge in [0.25, 0.3) is 0 Å². The van der Waals surface area contributed by atoms with Crippen LogP contribution in [0.1, 0.15) is 50.5 Å². The predicted octanol–water partition coefficient (Wildman–Crippen LogP) is 1.89. The maximum absolute atomic E-state index is 12.4. The number of methoxy groups -OCH3 is 1. The van der Waals surface area contributed by atoms with E-state index in [1.807, 2.05) is 31.2 Å². The third-order valence-corrected chi connectivity index (χ3v) is 5.23. The molecule has 1 aliphatic heterocycles. The van der Waals surface area contributed by atoms with Gasteiger partial charge in [-0.25, -0.2) is 4.79 Å². The molecule has 2 amide bonds. The second-order valence-electron chi connectivity index (χ2n) is 7.94. The van der Waals surface area contributed by atoms with Crippen LogP contribution in [0.4, 0.5) is 0 Å². The molecule has 2 N–H and O–H groups in total. The standard InChI is InChI=1S/C23H29N5O6/c1-4-5-6-20(29)26-19(23(31)32-3)13-24-21(30)12-17-11-18(27-34-17)15-7-9-16(10-8-15)22-25-14(2)33-28-22/h7-10,17,19H,4-6,11-13H2,1-3H3,(H,24,30)(H,26,29). The fraction of sp³-hybridized carbons (Fsp3) is 0.478. The monoisotopic (exact) mass is 471 g/mol. The zero-order chi connectivity index (χ0) is 24.5. The summed E-state index contributed by atoms with van der Waals surface area (Å²) in [6.45, 7) is 3.63. The number of benzene rings is 1. The number of nitrogens with one attached hydrogen (secondary N) is 2. The topological polar surface area (TPSA) is 145 Å². The number of carbonyl (C=O) groups is 3. The van der Waals surface area contributed by atoms with Gasteiger partial charge in [0.05, 0.1) is 19.2 Å². The number of aryl methyl sites for hydroxylation is 1. The van der Waals surface area contributed by atoms with Gasteiger partial charge in [0, 0.05) is 31.9 Å². The summed E-state index contributed by atoms with van der Waals surface area (Å²) >= 11 is 0. The number of hydrogen-bond donors (Lipinski definition) is 2. The van der Waals surface area contributed by atoms with Crippen molar-refractivity contribution in [3.63, 3.8) is 0 Å². The number of oxime groups is 1. The number of nitrogens with zero attached hydrogens (tertiary/aromatic N) is 3. The smallest absolute Gasteiger partial charge is 0.330 e. The molecule has 3 rings (SSSR count). The molecule has 34 heavy (non-hydrogen) atoms. The van der Waals surface area contributed by atoms with Gasteiger partial charge in [-0.3, -0.25) is 9.59 Å². The van der Waals surface area contributed by atoms with Crippen LogP contribution in [0, 0.1) is 6.92 Å². The molecule has 11 nitrogen and oxygen atoms in total. The molecule has 2 unspecified atom stereocenters. The van der Waals surface area contributed by atoms with E-state index in [2.05, 4.69) is 25.9 Å². The number of rotatable bonds is 11.